The van der Waals surface area contributed by atoms with E-state index in [0.717, 1.165) is 13.1 Å². The van der Waals surface area contributed by atoms with E-state index in [4.69, 9.17) is 0 Å². The van der Waals surface area contributed by atoms with Gasteiger partial charge in [0.15, 0.2) is 0 Å². The minimum absolute atomic E-state index is 0.220. The fourth-order valence-corrected chi connectivity index (χ4v) is 2.21. The van der Waals surface area contributed by atoms with E-state index in [1.165, 1.54) is 16.8 Å². The van der Waals surface area contributed by atoms with E-state index in [2.05, 4.69) is 61.5 Å². The van der Waals surface area contributed by atoms with Crippen molar-refractivity contribution in [1.29, 1.82) is 0 Å². The van der Waals surface area contributed by atoms with Crippen LogP contribution in [-0.2, 0) is 6.54 Å². The van der Waals surface area contributed by atoms with Crippen LogP contribution in [0.25, 0.3) is 0 Å². The molecule has 0 saturated heterocycles. The van der Waals surface area contributed by atoms with Crippen molar-refractivity contribution in [3.05, 3.63) is 53.3 Å². The van der Waals surface area contributed by atoms with Crippen LogP contribution >= 0.6 is 0 Å². The molecule has 0 aliphatic rings. The van der Waals surface area contributed by atoms with Gasteiger partial charge in [-0.1, -0.05) is 36.8 Å². The highest BCUT2D eigenvalue weighted by Gasteiger charge is 2.16. The number of nitrogens with one attached hydrogen (secondary N) is 1. The van der Waals surface area contributed by atoms with Crippen LogP contribution in [0, 0.1) is 6.92 Å². The molecule has 18 heavy (non-hydrogen) atoms. The maximum absolute atomic E-state index is 4.36. The predicted octanol–water partition coefficient (Wildman–Crippen LogP) is 2.91. The molecule has 1 N–H and O–H groups in total. The summed E-state index contributed by atoms with van der Waals surface area (Å²) in [6.07, 6.45) is 1.87. The first-order valence-corrected chi connectivity index (χ1v) is 6.58. The van der Waals surface area contributed by atoms with Gasteiger partial charge in [-0.25, -0.2) is 0 Å². The Bertz CT molecular complexity index is 485. The van der Waals surface area contributed by atoms with Gasteiger partial charge in [-0.05, 0) is 32.0 Å². The van der Waals surface area contributed by atoms with E-state index >= 15 is 0 Å². The van der Waals surface area contributed by atoms with Gasteiger partial charge in [0.05, 0.1) is 11.7 Å². The van der Waals surface area contributed by atoms with Crippen molar-refractivity contribution < 1.29 is 0 Å². The Balaban J connectivity index is 2.36. The summed E-state index contributed by atoms with van der Waals surface area (Å²) in [5.41, 5.74) is 3.80. The smallest absolute Gasteiger partial charge is 0.0748 e. The monoisotopic (exact) mass is 243 g/mol. The van der Waals surface area contributed by atoms with Crippen LogP contribution in [0.3, 0.4) is 0 Å². The van der Waals surface area contributed by atoms with E-state index in [-0.39, 0.29) is 6.04 Å². The maximum atomic E-state index is 4.36. The lowest BCUT2D eigenvalue weighted by Crippen LogP contribution is -2.24. The van der Waals surface area contributed by atoms with Crippen LogP contribution in [0.2, 0.25) is 0 Å². The Morgan fingerprint density at radius 1 is 1.17 bits per heavy atom. The Labute approximate surface area is 109 Å². The van der Waals surface area contributed by atoms with Gasteiger partial charge in [0.25, 0.3) is 0 Å². The number of benzene rings is 1. The quantitative estimate of drug-likeness (QED) is 0.875. The lowest BCUT2D eigenvalue weighted by Gasteiger charge is -2.19. The maximum Gasteiger partial charge on any atom is 0.0748 e. The average Bonchev–Trinajstić information content (AvgIpc) is 2.85. The molecule has 0 saturated carbocycles. The van der Waals surface area contributed by atoms with Crippen LogP contribution in [-0.4, -0.2) is 16.3 Å². The number of hydrogen-bond acceptors (Lipinski definition) is 2. The Morgan fingerprint density at radius 2 is 1.89 bits per heavy atom. The second-order valence-electron chi connectivity index (χ2n) is 4.47. The molecule has 1 atom stereocenters. The summed E-state index contributed by atoms with van der Waals surface area (Å²) in [5, 5.41) is 7.89. The summed E-state index contributed by atoms with van der Waals surface area (Å²) < 4.78 is 2.05. The first-order chi connectivity index (χ1) is 8.76. The largest absolute Gasteiger partial charge is 0.305 e. The second kappa shape index (κ2) is 5.83. The van der Waals surface area contributed by atoms with E-state index < -0.39 is 0 Å². The van der Waals surface area contributed by atoms with Crippen LogP contribution in [0.15, 0.2) is 36.5 Å². The van der Waals surface area contributed by atoms with Crippen LogP contribution in [0.5, 0.6) is 0 Å². The zero-order valence-corrected chi connectivity index (χ0v) is 11.4. The summed E-state index contributed by atoms with van der Waals surface area (Å²) in [5.74, 6) is 0. The molecule has 0 spiro atoms. The first kappa shape index (κ1) is 12.8. The molecule has 1 aromatic heterocycles. The van der Waals surface area contributed by atoms with Gasteiger partial charge in [0.1, 0.15) is 0 Å². The SMILES string of the molecule is CCNC(c1ccc(C)cc1)c1ccnn1CC. The zero-order valence-electron chi connectivity index (χ0n) is 11.4. The molecular weight excluding hydrogens is 222 g/mol. The molecule has 0 aliphatic carbocycles. The first-order valence-electron chi connectivity index (χ1n) is 6.58. The minimum Gasteiger partial charge on any atom is -0.305 e. The lowest BCUT2D eigenvalue weighted by atomic mass is 10.0. The van der Waals surface area contributed by atoms with Crippen LogP contribution in [0.1, 0.15) is 36.7 Å². The summed E-state index contributed by atoms with van der Waals surface area (Å²) >= 11 is 0. The van der Waals surface area contributed by atoms with Crippen LogP contribution < -0.4 is 5.32 Å². The highest BCUT2D eigenvalue weighted by molar-refractivity contribution is 5.30. The second-order valence-corrected chi connectivity index (χ2v) is 4.47. The van der Waals surface area contributed by atoms with Crippen LogP contribution in [0.4, 0.5) is 0 Å². The van der Waals surface area contributed by atoms with Crippen molar-refractivity contribution in [1.82, 2.24) is 15.1 Å². The average molecular weight is 243 g/mol. The third kappa shape index (κ3) is 2.62. The summed E-state index contributed by atoms with van der Waals surface area (Å²) in [6.45, 7) is 8.20. The zero-order chi connectivity index (χ0) is 13.0. The molecule has 0 amide bonds. The van der Waals surface area contributed by atoms with Crippen molar-refractivity contribution in [2.45, 2.75) is 33.4 Å². The van der Waals surface area contributed by atoms with Gasteiger partial charge in [-0.15, -0.1) is 0 Å². The highest BCUT2D eigenvalue weighted by Crippen LogP contribution is 2.22. The topological polar surface area (TPSA) is 29.9 Å². The summed E-state index contributed by atoms with van der Waals surface area (Å²) in [6, 6.07) is 11.0. The molecule has 1 aromatic carbocycles. The van der Waals surface area contributed by atoms with Gasteiger partial charge in [0, 0.05) is 12.7 Å². The van der Waals surface area contributed by atoms with Gasteiger partial charge < -0.3 is 5.32 Å². The molecule has 2 aromatic rings. The molecule has 0 bridgehead atoms. The van der Waals surface area contributed by atoms with Gasteiger partial charge >= 0.3 is 0 Å². The number of aromatic nitrogens is 2. The van der Waals surface area contributed by atoms with Gasteiger partial charge in [0.2, 0.25) is 0 Å². The highest BCUT2D eigenvalue weighted by atomic mass is 15.3. The molecule has 3 nitrogen and oxygen atoms in total. The van der Waals surface area contributed by atoms with Crippen molar-refractivity contribution in [3.63, 3.8) is 0 Å². The Hall–Kier alpha value is -1.61. The molecule has 96 valence electrons. The summed E-state index contributed by atoms with van der Waals surface area (Å²) in [7, 11) is 0. The third-order valence-electron chi connectivity index (χ3n) is 3.16. The lowest BCUT2D eigenvalue weighted by molar-refractivity contribution is 0.542. The van der Waals surface area contributed by atoms with E-state index in [1.807, 2.05) is 10.9 Å². The number of nitrogens with zero attached hydrogens (tertiary/aromatic N) is 2. The van der Waals surface area contributed by atoms with Crippen molar-refractivity contribution >= 4 is 0 Å². The molecule has 3 heteroatoms. The number of hydrogen-bond donors (Lipinski definition) is 1. The summed E-state index contributed by atoms with van der Waals surface area (Å²) in [4.78, 5) is 0. The predicted molar refractivity (Wildman–Crippen MR) is 74.6 cm³/mol. The third-order valence-corrected chi connectivity index (χ3v) is 3.16. The minimum atomic E-state index is 0.220. The number of rotatable bonds is 5. The molecule has 0 fully saturated rings. The molecule has 0 aliphatic heterocycles. The van der Waals surface area contributed by atoms with Crippen molar-refractivity contribution in [2.75, 3.05) is 6.54 Å². The molecule has 1 heterocycles. The van der Waals surface area contributed by atoms with E-state index in [1.54, 1.807) is 0 Å². The fraction of sp³-hybridized carbons (Fsp3) is 0.400. The number of aryl methyl sites for hydroxylation is 2. The standard InChI is InChI=1S/C15H21N3/c1-4-16-15(13-8-6-12(3)7-9-13)14-10-11-17-18(14)5-2/h6-11,15-16H,4-5H2,1-3H3. The van der Waals surface area contributed by atoms with Gasteiger partial charge in [-0.2, -0.15) is 5.10 Å². The molecule has 1 unspecified atom stereocenters. The van der Waals surface area contributed by atoms with Gasteiger partial charge in [-0.3, -0.25) is 4.68 Å². The molecule has 2 rings (SSSR count). The van der Waals surface area contributed by atoms with E-state index in [9.17, 15) is 0 Å². The molecular formula is C15H21N3. The molecule has 0 radical (unpaired) electrons. The van der Waals surface area contributed by atoms with Crippen molar-refractivity contribution in [2.24, 2.45) is 0 Å². The Kier molecular flexibility index (Phi) is 4.15. The van der Waals surface area contributed by atoms with E-state index in [0.29, 0.717) is 0 Å². The fourth-order valence-electron chi connectivity index (χ4n) is 2.21. The van der Waals surface area contributed by atoms with Crippen molar-refractivity contribution in [3.8, 4) is 0 Å². The Morgan fingerprint density at radius 3 is 2.50 bits per heavy atom. The normalized spacial score (nSPS) is 12.6.